The summed E-state index contributed by atoms with van der Waals surface area (Å²) in [5, 5.41) is 15.0. The summed E-state index contributed by atoms with van der Waals surface area (Å²) in [6.07, 6.45) is 9.04. The molecule has 2 fully saturated rings. The fraction of sp³-hybridized carbons (Fsp3) is 0.375. The number of benzene rings is 1. The number of pyridine rings is 1. The number of ether oxygens (including phenoxy) is 2. The summed E-state index contributed by atoms with van der Waals surface area (Å²) >= 11 is 6.02. The number of amides is 2. The number of rotatable bonds is 10. The van der Waals surface area contributed by atoms with Crippen molar-refractivity contribution in [3.8, 4) is 17.0 Å². The third-order valence-corrected chi connectivity index (χ3v) is 8.78. The van der Waals surface area contributed by atoms with Crippen LogP contribution in [0.1, 0.15) is 49.8 Å². The van der Waals surface area contributed by atoms with Crippen molar-refractivity contribution < 1.29 is 23.5 Å². The van der Waals surface area contributed by atoms with E-state index in [0.29, 0.717) is 40.0 Å². The van der Waals surface area contributed by atoms with E-state index in [1.54, 1.807) is 31.3 Å². The van der Waals surface area contributed by atoms with Crippen molar-refractivity contribution in [1.29, 1.82) is 5.41 Å². The lowest BCUT2D eigenvalue weighted by Gasteiger charge is -2.23. The molecule has 5 N–H and O–H groups in total. The Balaban J connectivity index is 1.32. The number of halogens is 2. The van der Waals surface area contributed by atoms with E-state index in [0.717, 1.165) is 25.7 Å². The van der Waals surface area contributed by atoms with Gasteiger partial charge in [-0.3, -0.25) is 15.0 Å². The molecule has 1 aromatic heterocycles. The molecular formula is C32H33ClFN5O4. The normalized spacial score (nSPS) is 22.7. The Morgan fingerprint density at radius 2 is 2.05 bits per heavy atom. The van der Waals surface area contributed by atoms with Gasteiger partial charge in [0.05, 0.1) is 7.11 Å². The Morgan fingerprint density at radius 1 is 1.28 bits per heavy atom. The van der Waals surface area contributed by atoms with E-state index < -0.39 is 17.1 Å². The van der Waals surface area contributed by atoms with Gasteiger partial charge in [-0.15, -0.1) is 0 Å². The van der Waals surface area contributed by atoms with Gasteiger partial charge < -0.3 is 25.8 Å². The minimum absolute atomic E-state index is 0.0125. The number of fused-ring (bicyclic) bond motifs is 1. The van der Waals surface area contributed by atoms with Gasteiger partial charge in [0.15, 0.2) is 0 Å². The molecule has 0 bridgehead atoms. The number of nitrogens with one attached hydrogen (secondary N) is 3. The second-order valence-electron chi connectivity index (χ2n) is 11.8. The molecule has 2 saturated carbocycles. The Morgan fingerprint density at radius 3 is 2.70 bits per heavy atom. The summed E-state index contributed by atoms with van der Waals surface area (Å²) in [5.74, 6) is -0.790. The SMILES string of the molecule is COC1=CC(C(=O)NC[C@H](c2cc3c(c(-c4ccc(Cl)cc4F)n2)OC[C@]3(C)C(N)=O)C2CC2)=C/C(=C/NC2CC2)C1=N. The first-order valence-corrected chi connectivity index (χ1v) is 14.7. The van der Waals surface area contributed by atoms with Crippen LogP contribution in [0.2, 0.25) is 5.02 Å². The van der Waals surface area contributed by atoms with Gasteiger partial charge >= 0.3 is 0 Å². The van der Waals surface area contributed by atoms with Crippen LogP contribution in [0.3, 0.4) is 0 Å². The molecule has 2 amide bonds. The monoisotopic (exact) mass is 605 g/mol. The van der Waals surface area contributed by atoms with E-state index >= 15 is 4.39 Å². The number of primary amides is 1. The van der Waals surface area contributed by atoms with E-state index in [-0.39, 0.29) is 52.9 Å². The molecular weight excluding hydrogens is 573 g/mol. The highest BCUT2D eigenvalue weighted by Gasteiger charge is 2.45. The first-order chi connectivity index (χ1) is 20.6. The van der Waals surface area contributed by atoms with E-state index in [1.165, 1.54) is 19.2 Å². The lowest BCUT2D eigenvalue weighted by Crippen LogP contribution is -2.40. The lowest BCUT2D eigenvalue weighted by atomic mass is 9.82. The van der Waals surface area contributed by atoms with Gasteiger partial charge in [-0.05, 0) is 74.9 Å². The molecule has 9 nitrogen and oxygen atoms in total. The Hall–Kier alpha value is -4.18. The Labute approximate surface area is 253 Å². The summed E-state index contributed by atoms with van der Waals surface area (Å²) in [5.41, 5.74) is 7.45. The number of allylic oxidation sites excluding steroid dienone is 2. The molecule has 2 heterocycles. The molecule has 4 aliphatic rings. The van der Waals surface area contributed by atoms with E-state index in [2.05, 4.69) is 10.6 Å². The number of hydrogen-bond donors (Lipinski definition) is 4. The quantitative estimate of drug-likeness (QED) is 0.316. The van der Waals surface area contributed by atoms with E-state index in [1.807, 2.05) is 6.07 Å². The molecule has 3 aliphatic carbocycles. The Kier molecular flexibility index (Phi) is 7.50. The van der Waals surface area contributed by atoms with Gasteiger partial charge in [-0.25, -0.2) is 9.37 Å². The highest BCUT2D eigenvalue weighted by atomic mass is 35.5. The number of nitrogens with zero attached hydrogens (tertiary/aromatic N) is 1. The number of methoxy groups -OCH3 is 1. The van der Waals surface area contributed by atoms with E-state index in [9.17, 15) is 9.59 Å². The van der Waals surface area contributed by atoms with Crippen LogP contribution in [0, 0.1) is 17.1 Å². The summed E-state index contributed by atoms with van der Waals surface area (Å²) in [6, 6.07) is 6.53. The lowest BCUT2D eigenvalue weighted by molar-refractivity contribution is -0.123. The van der Waals surface area contributed by atoms with Crippen LogP contribution in [0.5, 0.6) is 5.75 Å². The van der Waals surface area contributed by atoms with Crippen molar-refractivity contribution in [2.45, 2.75) is 50.0 Å². The zero-order valence-electron chi connectivity index (χ0n) is 23.9. The zero-order chi connectivity index (χ0) is 30.5. The summed E-state index contributed by atoms with van der Waals surface area (Å²) in [6.45, 7) is 1.98. The first kappa shape index (κ1) is 28.9. The van der Waals surface area contributed by atoms with Gasteiger partial charge in [0.1, 0.15) is 40.8 Å². The van der Waals surface area contributed by atoms with Gasteiger partial charge in [0.25, 0.3) is 5.91 Å². The predicted octanol–water partition coefficient (Wildman–Crippen LogP) is 4.41. The van der Waals surface area contributed by atoms with Gasteiger partial charge in [-0.1, -0.05) is 11.6 Å². The van der Waals surface area contributed by atoms with Crippen LogP contribution < -0.4 is 21.1 Å². The highest BCUT2D eigenvalue weighted by molar-refractivity contribution is 6.30. The molecule has 0 radical (unpaired) electrons. The maximum Gasteiger partial charge on any atom is 0.251 e. The topological polar surface area (TPSA) is 139 Å². The van der Waals surface area contributed by atoms with Gasteiger partial charge in [-0.2, -0.15) is 0 Å². The maximum atomic E-state index is 15.2. The van der Waals surface area contributed by atoms with Crippen LogP contribution in [0.25, 0.3) is 11.3 Å². The van der Waals surface area contributed by atoms with E-state index in [4.69, 9.17) is 37.2 Å². The molecule has 11 heteroatoms. The third kappa shape index (κ3) is 5.63. The molecule has 43 heavy (non-hydrogen) atoms. The van der Waals surface area contributed by atoms with Crippen molar-refractivity contribution in [3.63, 3.8) is 0 Å². The third-order valence-electron chi connectivity index (χ3n) is 8.54. The number of aromatic nitrogens is 1. The zero-order valence-corrected chi connectivity index (χ0v) is 24.7. The van der Waals surface area contributed by atoms with Gasteiger partial charge in [0.2, 0.25) is 5.91 Å². The van der Waals surface area contributed by atoms with Crippen LogP contribution in [0.15, 0.2) is 59.5 Å². The number of carbonyl (C=O) groups excluding carboxylic acids is 2. The smallest absolute Gasteiger partial charge is 0.251 e. The van der Waals surface area contributed by atoms with Crippen molar-refractivity contribution >= 4 is 29.1 Å². The number of carbonyl (C=O) groups is 2. The largest absolute Gasteiger partial charge is 0.494 e. The summed E-state index contributed by atoms with van der Waals surface area (Å²) in [4.78, 5) is 30.9. The number of hydrogen-bond acceptors (Lipinski definition) is 7. The summed E-state index contributed by atoms with van der Waals surface area (Å²) < 4.78 is 26.5. The second kappa shape index (κ2) is 11.1. The molecule has 2 aromatic rings. The summed E-state index contributed by atoms with van der Waals surface area (Å²) in [7, 11) is 1.47. The molecule has 1 aromatic carbocycles. The first-order valence-electron chi connectivity index (χ1n) is 14.3. The van der Waals surface area contributed by atoms with Gasteiger partial charge in [0, 0.05) is 57.7 Å². The van der Waals surface area contributed by atoms with Crippen LogP contribution >= 0.6 is 11.6 Å². The average Bonchev–Trinajstić information content (AvgIpc) is 3.92. The fourth-order valence-electron chi connectivity index (χ4n) is 5.48. The van der Waals surface area contributed by atoms with Crippen molar-refractivity contribution in [3.05, 3.63) is 81.6 Å². The van der Waals surface area contributed by atoms with Crippen LogP contribution in [-0.4, -0.2) is 48.8 Å². The van der Waals surface area contributed by atoms with Crippen molar-refractivity contribution in [2.24, 2.45) is 11.7 Å². The number of nitrogens with two attached hydrogens (primary N) is 1. The molecule has 0 spiro atoms. The van der Waals surface area contributed by atoms with Crippen molar-refractivity contribution in [2.75, 3.05) is 20.3 Å². The standard InChI is InChI=1S/C32H33ClFN5O4/c1-32(31(36)41)15-43-29-23(32)12-25(39-28(29)21-8-5-19(33)11-24(21)34)22(16-3-4-16)14-38-30(40)17-9-18(13-37-20-6-7-20)27(35)26(10-17)42-2/h5,8-13,16,20,22,35,37H,3-4,6-7,14-15H2,1-2H3,(H2,36,41)(H,38,40)/b18-13-,35-27?/t22-,32-/m0/s1. The minimum atomic E-state index is -1.13. The van der Waals surface area contributed by atoms with Crippen molar-refractivity contribution in [1.82, 2.24) is 15.6 Å². The fourth-order valence-corrected chi connectivity index (χ4v) is 5.64. The molecule has 1 aliphatic heterocycles. The van der Waals surface area contributed by atoms with Crippen LogP contribution in [0.4, 0.5) is 4.39 Å². The average molecular weight is 606 g/mol. The predicted molar refractivity (Wildman–Crippen MR) is 160 cm³/mol. The molecule has 0 saturated heterocycles. The molecule has 224 valence electrons. The van der Waals surface area contributed by atoms with Crippen LogP contribution in [-0.2, 0) is 19.7 Å². The maximum absolute atomic E-state index is 15.2. The second-order valence-corrected chi connectivity index (χ2v) is 12.2. The molecule has 0 unspecified atom stereocenters. The molecule has 2 atom stereocenters. The highest BCUT2D eigenvalue weighted by Crippen LogP contribution is 2.48. The minimum Gasteiger partial charge on any atom is -0.494 e. The Bertz CT molecular complexity index is 1630. The molecule has 6 rings (SSSR count).